The fourth-order valence-corrected chi connectivity index (χ4v) is 1.70. The number of aromatic hydroxyl groups is 1. The maximum Gasteiger partial charge on any atom is 0.271 e. The van der Waals surface area contributed by atoms with Gasteiger partial charge in [-0.25, -0.2) is 5.43 Å². The monoisotopic (exact) mass is 318 g/mol. The second-order valence-corrected chi connectivity index (χ2v) is 4.72. The molecule has 0 atom stereocenters. The Hall–Kier alpha value is -2.14. The number of carbonyl (C=O) groups excluding carboxylic acids is 1. The lowest BCUT2D eigenvalue weighted by atomic mass is 10.2. The van der Waals surface area contributed by atoms with Crippen LogP contribution in [-0.4, -0.2) is 17.2 Å². The number of hydrogen-bond donors (Lipinski definition) is 2. The Kier molecular flexibility index (Phi) is 4.30. The van der Waals surface area contributed by atoms with Gasteiger partial charge in [0.05, 0.1) is 6.21 Å². The molecule has 96 valence electrons. The van der Waals surface area contributed by atoms with Gasteiger partial charge in [0.25, 0.3) is 5.91 Å². The van der Waals surface area contributed by atoms with Crippen molar-refractivity contribution in [2.75, 3.05) is 0 Å². The molecular weight excluding hydrogens is 308 g/mol. The van der Waals surface area contributed by atoms with Crippen LogP contribution in [0.2, 0.25) is 0 Å². The van der Waals surface area contributed by atoms with E-state index in [0.29, 0.717) is 11.1 Å². The van der Waals surface area contributed by atoms with Crippen LogP contribution in [-0.2, 0) is 0 Å². The van der Waals surface area contributed by atoms with Gasteiger partial charge in [-0.3, -0.25) is 4.79 Å². The van der Waals surface area contributed by atoms with Gasteiger partial charge in [-0.2, -0.15) is 5.10 Å². The summed E-state index contributed by atoms with van der Waals surface area (Å²) in [6, 6.07) is 13.6. The molecule has 0 heterocycles. The van der Waals surface area contributed by atoms with Gasteiger partial charge in [0.2, 0.25) is 0 Å². The summed E-state index contributed by atoms with van der Waals surface area (Å²) in [5, 5.41) is 13.1. The summed E-state index contributed by atoms with van der Waals surface area (Å²) in [6.07, 6.45) is 1.47. The minimum Gasteiger partial charge on any atom is -0.508 e. The molecule has 19 heavy (non-hydrogen) atoms. The quantitative estimate of drug-likeness (QED) is 0.675. The third kappa shape index (κ3) is 3.93. The van der Waals surface area contributed by atoms with Crippen LogP contribution >= 0.6 is 15.9 Å². The van der Waals surface area contributed by atoms with Crippen LogP contribution in [0, 0.1) is 0 Å². The highest BCUT2D eigenvalue weighted by molar-refractivity contribution is 9.10. The van der Waals surface area contributed by atoms with E-state index >= 15 is 0 Å². The molecule has 2 N–H and O–H groups in total. The molecule has 0 bridgehead atoms. The first-order valence-electron chi connectivity index (χ1n) is 5.53. The molecule has 0 aliphatic heterocycles. The Labute approximate surface area is 118 Å². The van der Waals surface area contributed by atoms with Gasteiger partial charge in [-0.05, 0) is 42.0 Å². The number of phenols is 1. The fourth-order valence-electron chi connectivity index (χ4n) is 1.44. The SMILES string of the molecule is O=C(N/N=C/c1cccc(O)c1)c1ccc(Br)cc1. The van der Waals surface area contributed by atoms with Crippen molar-refractivity contribution in [2.45, 2.75) is 0 Å². The highest BCUT2D eigenvalue weighted by Crippen LogP contribution is 2.10. The zero-order valence-corrected chi connectivity index (χ0v) is 11.5. The highest BCUT2D eigenvalue weighted by Gasteiger charge is 2.02. The number of halogens is 1. The standard InChI is InChI=1S/C14H11BrN2O2/c15-12-6-4-11(5-7-12)14(19)17-16-9-10-2-1-3-13(18)8-10/h1-9,18H,(H,17,19)/b16-9+. The number of nitrogens with one attached hydrogen (secondary N) is 1. The van der Waals surface area contributed by atoms with E-state index in [4.69, 9.17) is 0 Å². The molecular formula is C14H11BrN2O2. The molecule has 0 radical (unpaired) electrons. The van der Waals surface area contributed by atoms with Crippen molar-refractivity contribution < 1.29 is 9.90 Å². The minimum absolute atomic E-state index is 0.156. The van der Waals surface area contributed by atoms with E-state index in [0.717, 1.165) is 4.47 Å². The summed E-state index contributed by atoms with van der Waals surface area (Å²) in [5.41, 5.74) is 3.65. The number of rotatable bonds is 3. The first kappa shape index (κ1) is 13.3. The normalized spacial score (nSPS) is 10.6. The summed E-state index contributed by atoms with van der Waals surface area (Å²) >= 11 is 3.30. The number of hydrogen-bond acceptors (Lipinski definition) is 3. The average molecular weight is 319 g/mol. The summed E-state index contributed by atoms with van der Waals surface area (Å²) in [7, 11) is 0. The lowest BCUT2D eigenvalue weighted by molar-refractivity contribution is 0.0955. The predicted octanol–water partition coefficient (Wildman–Crippen LogP) is 2.92. The number of hydrazone groups is 1. The number of phenolic OH excluding ortho intramolecular Hbond substituents is 1. The summed E-state index contributed by atoms with van der Waals surface area (Å²) in [6.45, 7) is 0. The first-order valence-corrected chi connectivity index (χ1v) is 6.32. The number of nitrogens with zero attached hydrogens (tertiary/aromatic N) is 1. The Morgan fingerprint density at radius 2 is 1.95 bits per heavy atom. The molecule has 0 aromatic heterocycles. The largest absolute Gasteiger partial charge is 0.508 e. The van der Waals surface area contributed by atoms with Crippen molar-refractivity contribution in [3.8, 4) is 5.75 Å². The van der Waals surface area contributed by atoms with Crippen molar-refractivity contribution in [1.29, 1.82) is 0 Å². The van der Waals surface area contributed by atoms with E-state index in [2.05, 4.69) is 26.5 Å². The van der Waals surface area contributed by atoms with Crippen LogP contribution < -0.4 is 5.43 Å². The highest BCUT2D eigenvalue weighted by atomic mass is 79.9. The molecule has 4 nitrogen and oxygen atoms in total. The summed E-state index contributed by atoms with van der Waals surface area (Å²) in [4.78, 5) is 11.7. The lowest BCUT2D eigenvalue weighted by Crippen LogP contribution is -2.17. The van der Waals surface area contributed by atoms with Gasteiger partial charge in [-0.1, -0.05) is 28.1 Å². The zero-order chi connectivity index (χ0) is 13.7. The summed E-state index contributed by atoms with van der Waals surface area (Å²) in [5.74, 6) is -0.132. The Balaban J connectivity index is 1.98. The van der Waals surface area contributed by atoms with Crippen molar-refractivity contribution in [3.63, 3.8) is 0 Å². The number of carbonyl (C=O) groups is 1. The Morgan fingerprint density at radius 3 is 2.63 bits per heavy atom. The third-order valence-electron chi connectivity index (χ3n) is 2.36. The molecule has 0 aliphatic rings. The van der Waals surface area contributed by atoms with Gasteiger partial charge in [0.15, 0.2) is 0 Å². The van der Waals surface area contributed by atoms with E-state index in [1.54, 1.807) is 48.5 Å². The topological polar surface area (TPSA) is 61.7 Å². The van der Waals surface area contributed by atoms with Gasteiger partial charge in [-0.15, -0.1) is 0 Å². The first-order chi connectivity index (χ1) is 9.15. The lowest BCUT2D eigenvalue weighted by Gasteiger charge is -2.00. The van der Waals surface area contributed by atoms with Crippen molar-refractivity contribution >= 4 is 28.1 Å². The average Bonchev–Trinajstić information content (AvgIpc) is 2.39. The second kappa shape index (κ2) is 6.15. The molecule has 1 amide bonds. The Bertz CT molecular complexity index is 609. The molecule has 2 aromatic carbocycles. The van der Waals surface area contributed by atoms with Crippen LogP contribution in [0.1, 0.15) is 15.9 Å². The number of amides is 1. The van der Waals surface area contributed by atoms with Gasteiger partial charge < -0.3 is 5.11 Å². The van der Waals surface area contributed by atoms with Crippen molar-refractivity contribution in [3.05, 3.63) is 64.1 Å². The maximum absolute atomic E-state index is 11.7. The van der Waals surface area contributed by atoms with Gasteiger partial charge >= 0.3 is 0 Å². The van der Waals surface area contributed by atoms with Gasteiger partial charge in [0, 0.05) is 10.0 Å². The molecule has 0 aliphatic carbocycles. The molecule has 0 unspecified atom stereocenters. The molecule has 2 rings (SSSR count). The maximum atomic E-state index is 11.7. The number of benzene rings is 2. The second-order valence-electron chi connectivity index (χ2n) is 3.80. The predicted molar refractivity (Wildman–Crippen MR) is 77.3 cm³/mol. The van der Waals surface area contributed by atoms with E-state index < -0.39 is 0 Å². The van der Waals surface area contributed by atoms with E-state index in [1.807, 2.05) is 0 Å². The van der Waals surface area contributed by atoms with E-state index in [-0.39, 0.29) is 11.7 Å². The van der Waals surface area contributed by atoms with Crippen molar-refractivity contribution in [1.82, 2.24) is 5.43 Å². The van der Waals surface area contributed by atoms with Crippen LogP contribution in [0.5, 0.6) is 5.75 Å². The van der Waals surface area contributed by atoms with Gasteiger partial charge in [0.1, 0.15) is 5.75 Å². The summed E-state index contributed by atoms with van der Waals surface area (Å²) < 4.78 is 0.910. The smallest absolute Gasteiger partial charge is 0.271 e. The molecule has 5 heteroatoms. The van der Waals surface area contributed by atoms with Crippen LogP contribution in [0.15, 0.2) is 58.1 Å². The molecule has 0 saturated carbocycles. The van der Waals surface area contributed by atoms with E-state index in [9.17, 15) is 9.90 Å². The van der Waals surface area contributed by atoms with E-state index in [1.165, 1.54) is 6.21 Å². The molecule has 0 saturated heterocycles. The third-order valence-corrected chi connectivity index (χ3v) is 2.89. The molecule has 2 aromatic rings. The Morgan fingerprint density at radius 1 is 1.21 bits per heavy atom. The van der Waals surface area contributed by atoms with Crippen LogP contribution in [0.3, 0.4) is 0 Å². The fraction of sp³-hybridized carbons (Fsp3) is 0. The van der Waals surface area contributed by atoms with Crippen LogP contribution in [0.4, 0.5) is 0 Å². The van der Waals surface area contributed by atoms with Crippen molar-refractivity contribution in [2.24, 2.45) is 5.10 Å². The minimum atomic E-state index is -0.288. The zero-order valence-electron chi connectivity index (χ0n) is 9.88. The molecule has 0 fully saturated rings. The molecule has 0 spiro atoms. The van der Waals surface area contributed by atoms with Crippen LogP contribution in [0.25, 0.3) is 0 Å².